The van der Waals surface area contributed by atoms with Crippen LogP contribution in [0.4, 0.5) is 21.5 Å². The monoisotopic (exact) mass is 359 g/mol. The minimum Gasteiger partial charge on any atom is -0.481 e. The number of carboxylic acid groups (broad SMARTS) is 1. The molecule has 2 fully saturated rings. The van der Waals surface area contributed by atoms with Crippen LogP contribution in [0.15, 0.2) is 6.07 Å². The molecule has 2 atom stereocenters. The number of hydrogen-bond donors (Lipinski definition) is 2. The van der Waals surface area contributed by atoms with Gasteiger partial charge in [0.15, 0.2) is 5.78 Å². The molecule has 4 aliphatic rings. The van der Waals surface area contributed by atoms with Gasteiger partial charge in [-0.25, -0.2) is 4.39 Å². The Hall–Kier alpha value is -2.64. The van der Waals surface area contributed by atoms with Crippen molar-refractivity contribution >= 4 is 34.7 Å². The maximum Gasteiger partial charge on any atom is 0.316 e. The molecular weight excluding hydrogens is 341 g/mol. The van der Waals surface area contributed by atoms with Crippen LogP contribution in [0.5, 0.6) is 0 Å². The van der Waals surface area contributed by atoms with Crippen LogP contribution in [0.25, 0.3) is 0 Å². The van der Waals surface area contributed by atoms with Crippen molar-refractivity contribution in [2.75, 3.05) is 28.2 Å². The number of aliphatic carboxylic acids is 1. The highest BCUT2D eigenvalue weighted by Crippen LogP contribution is 2.50. The van der Waals surface area contributed by atoms with Gasteiger partial charge in [0.05, 0.1) is 17.1 Å². The van der Waals surface area contributed by atoms with E-state index in [2.05, 4.69) is 5.32 Å². The number of anilines is 3. The zero-order chi connectivity index (χ0) is 18.2. The van der Waals surface area contributed by atoms with Crippen LogP contribution in [0.3, 0.4) is 0 Å². The van der Waals surface area contributed by atoms with Crippen molar-refractivity contribution in [1.82, 2.24) is 0 Å². The van der Waals surface area contributed by atoms with Crippen LogP contribution in [-0.4, -0.2) is 47.9 Å². The summed E-state index contributed by atoms with van der Waals surface area (Å²) >= 11 is 0. The summed E-state index contributed by atoms with van der Waals surface area (Å²) in [5.74, 6) is -3.77. The van der Waals surface area contributed by atoms with E-state index < -0.39 is 23.5 Å². The molecule has 3 heterocycles. The van der Waals surface area contributed by atoms with Crippen molar-refractivity contribution in [1.29, 1.82) is 0 Å². The van der Waals surface area contributed by atoms with Gasteiger partial charge in [-0.05, 0) is 31.7 Å². The second-order valence-corrected chi connectivity index (χ2v) is 7.46. The Balaban J connectivity index is 1.73. The summed E-state index contributed by atoms with van der Waals surface area (Å²) in [6.07, 6.45) is 3.27. The fraction of sp³-hybridized carbons (Fsp3) is 0.500. The molecule has 3 aliphatic heterocycles. The molecule has 26 heavy (non-hydrogen) atoms. The van der Waals surface area contributed by atoms with Gasteiger partial charge in [0.25, 0.3) is 0 Å². The summed E-state index contributed by atoms with van der Waals surface area (Å²) in [5, 5.41) is 12.2. The molecule has 1 aromatic carbocycles. The first kappa shape index (κ1) is 15.6. The van der Waals surface area contributed by atoms with E-state index in [1.54, 1.807) is 4.90 Å². The lowest BCUT2D eigenvalue weighted by atomic mass is 9.88. The first-order valence-electron chi connectivity index (χ1n) is 8.95. The molecule has 1 aromatic rings. The normalized spacial score (nSPS) is 27.0. The highest BCUT2D eigenvalue weighted by atomic mass is 19.1. The summed E-state index contributed by atoms with van der Waals surface area (Å²) in [5.41, 5.74) is 1.21. The molecule has 7 nitrogen and oxygen atoms in total. The predicted molar refractivity (Wildman–Crippen MR) is 91.2 cm³/mol. The smallest absolute Gasteiger partial charge is 0.316 e. The van der Waals surface area contributed by atoms with E-state index in [-0.39, 0.29) is 30.1 Å². The quantitative estimate of drug-likeness (QED) is 0.780. The van der Waals surface area contributed by atoms with Gasteiger partial charge in [-0.2, -0.15) is 0 Å². The number of carbonyl (C=O) groups is 3. The third kappa shape index (κ3) is 2.01. The Morgan fingerprint density at radius 3 is 2.65 bits per heavy atom. The largest absolute Gasteiger partial charge is 0.481 e. The van der Waals surface area contributed by atoms with E-state index in [0.717, 1.165) is 25.3 Å². The Kier molecular flexibility index (Phi) is 3.11. The van der Waals surface area contributed by atoms with E-state index in [1.165, 1.54) is 0 Å². The van der Waals surface area contributed by atoms with Crippen molar-refractivity contribution in [3.8, 4) is 0 Å². The second kappa shape index (κ2) is 5.18. The van der Waals surface area contributed by atoms with Crippen LogP contribution in [-0.2, 0) is 9.59 Å². The Labute approximate surface area is 148 Å². The molecule has 5 rings (SSSR count). The van der Waals surface area contributed by atoms with Gasteiger partial charge in [-0.15, -0.1) is 0 Å². The molecule has 2 unspecified atom stereocenters. The lowest BCUT2D eigenvalue weighted by Gasteiger charge is -2.40. The molecule has 0 spiro atoms. The summed E-state index contributed by atoms with van der Waals surface area (Å²) < 4.78 is 15.0. The standard InChI is InChI=1S/C18H18FN3O4/c19-11-6-9-14(13-15(11)21-5-1-2-12(21)17(24)20-13)22(8-3-4-8)7-10(16(9)23)18(25)26/h6,8,10,12H,1-5,7H2,(H,20,24)(H,25,26). The number of nitrogens with zero attached hydrogens (tertiary/aromatic N) is 2. The van der Waals surface area contributed by atoms with Crippen LogP contribution in [0.1, 0.15) is 36.0 Å². The SMILES string of the molecule is O=C(O)C1CN(C2CC2)c2c(cc(F)c3c2NC(=O)C2CCCN32)C1=O. The van der Waals surface area contributed by atoms with E-state index in [9.17, 15) is 23.9 Å². The van der Waals surface area contributed by atoms with Gasteiger partial charge < -0.3 is 20.2 Å². The summed E-state index contributed by atoms with van der Waals surface area (Å²) in [6, 6.07) is 0.912. The number of ketones is 1. The van der Waals surface area contributed by atoms with Gasteiger partial charge in [0.1, 0.15) is 17.8 Å². The zero-order valence-electron chi connectivity index (χ0n) is 14.0. The summed E-state index contributed by atoms with van der Waals surface area (Å²) in [7, 11) is 0. The van der Waals surface area contributed by atoms with E-state index >= 15 is 0 Å². The maximum absolute atomic E-state index is 15.0. The fourth-order valence-electron chi connectivity index (χ4n) is 4.50. The topological polar surface area (TPSA) is 89.9 Å². The third-order valence-corrected chi connectivity index (χ3v) is 5.85. The number of benzene rings is 1. The summed E-state index contributed by atoms with van der Waals surface area (Å²) in [6.45, 7) is 0.652. The number of nitrogens with one attached hydrogen (secondary N) is 1. The molecule has 8 heteroatoms. The molecule has 136 valence electrons. The highest BCUT2D eigenvalue weighted by molar-refractivity contribution is 6.18. The Morgan fingerprint density at radius 2 is 1.96 bits per heavy atom. The zero-order valence-corrected chi connectivity index (χ0v) is 14.0. The van der Waals surface area contributed by atoms with E-state index in [1.807, 2.05) is 4.90 Å². The number of hydrogen-bond acceptors (Lipinski definition) is 5. The average Bonchev–Trinajstić information content (AvgIpc) is 3.31. The van der Waals surface area contributed by atoms with Crippen molar-refractivity contribution in [2.45, 2.75) is 37.8 Å². The maximum atomic E-state index is 15.0. The molecule has 0 bridgehead atoms. The van der Waals surface area contributed by atoms with E-state index in [4.69, 9.17) is 0 Å². The van der Waals surface area contributed by atoms with Crippen LogP contribution < -0.4 is 15.1 Å². The second-order valence-electron chi connectivity index (χ2n) is 7.46. The lowest BCUT2D eigenvalue weighted by Crippen LogP contribution is -2.48. The van der Waals surface area contributed by atoms with Gasteiger partial charge >= 0.3 is 5.97 Å². The minimum atomic E-state index is -1.21. The van der Waals surface area contributed by atoms with Crippen LogP contribution in [0, 0.1) is 11.7 Å². The van der Waals surface area contributed by atoms with Crippen molar-refractivity contribution in [3.63, 3.8) is 0 Å². The molecule has 1 amide bonds. The van der Waals surface area contributed by atoms with Gasteiger partial charge in [-0.3, -0.25) is 14.4 Å². The van der Waals surface area contributed by atoms with Crippen LogP contribution >= 0.6 is 0 Å². The lowest BCUT2D eigenvalue weighted by molar-refractivity contribution is -0.139. The van der Waals surface area contributed by atoms with Gasteiger partial charge in [0.2, 0.25) is 5.91 Å². The Morgan fingerprint density at radius 1 is 1.19 bits per heavy atom. The minimum absolute atomic E-state index is 0.0587. The molecule has 1 saturated heterocycles. The van der Waals surface area contributed by atoms with Crippen molar-refractivity contribution < 1.29 is 23.9 Å². The van der Waals surface area contributed by atoms with Gasteiger partial charge in [0, 0.05) is 24.7 Å². The molecule has 2 N–H and O–H groups in total. The molecule has 0 radical (unpaired) electrons. The number of halogens is 1. The molecule has 1 saturated carbocycles. The summed E-state index contributed by atoms with van der Waals surface area (Å²) in [4.78, 5) is 40.4. The number of carboxylic acids is 1. The molecule has 1 aliphatic carbocycles. The number of amides is 1. The van der Waals surface area contributed by atoms with E-state index in [0.29, 0.717) is 30.0 Å². The first-order valence-corrected chi connectivity index (χ1v) is 8.95. The third-order valence-electron chi connectivity index (χ3n) is 5.85. The molecule has 0 aromatic heterocycles. The molecular formula is C18H18FN3O4. The number of carbonyl (C=O) groups excluding carboxylic acids is 2. The van der Waals surface area contributed by atoms with Gasteiger partial charge in [-0.1, -0.05) is 0 Å². The van der Waals surface area contributed by atoms with Crippen molar-refractivity contribution in [2.24, 2.45) is 5.92 Å². The van der Waals surface area contributed by atoms with Crippen molar-refractivity contribution in [3.05, 3.63) is 17.4 Å². The Bertz CT molecular complexity index is 866. The number of fused-ring (bicyclic) bond motifs is 5. The fourth-order valence-corrected chi connectivity index (χ4v) is 4.50. The number of Topliss-reactive ketones (excluding diaryl/α,β-unsaturated/α-hetero) is 1. The number of rotatable bonds is 2. The van der Waals surface area contributed by atoms with Crippen LogP contribution in [0.2, 0.25) is 0 Å². The highest BCUT2D eigenvalue weighted by Gasteiger charge is 2.47. The predicted octanol–water partition coefficient (Wildman–Crippen LogP) is 1.61. The first-order chi connectivity index (χ1) is 12.5. The average molecular weight is 359 g/mol.